The van der Waals surface area contributed by atoms with E-state index in [9.17, 15) is 18.0 Å². The van der Waals surface area contributed by atoms with Crippen molar-refractivity contribution in [3.05, 3.63) is 95.0 Å². The number of anilines is 1. The van der Waals surface area contributed by atoms with Gasteiger partial charge in [0.15, 0.2) is 0 Å². The van der Waals surface area contributed by atoms with Gasteiger partial charge in [0.1, 0.15) is 12.6 Å². The maximum absolute atomic E-state index is 14.1. The van der Waals surface area contributed by atoms with Crippen molar-refractivity contribution in [1.82, 2.24) is 10.2 Å². The van der Waals surface area contributed by atoms with Crippen molar-refractivity contribution in [1.29, 1.82) is 0 Å². The summed E-state index contributed by atoms with van der Waals surface area (Å²) in [5, 5.41) is 3.38. The fourth-order valence-corrected chi connectivity index (χ4v) is 6.04. The molecule has 0 aliphatic carbocycles. The van der Waals surface area contributed by atoms with Crippen LogP contribution in [0, 0.1) is 6.92 Å². The van der Waals surface area contributed by atoms with Crippen molar-refractivity contribution < 1.29 is 18.0 Å². The summed E-state index contributed by atoms with van der Waals surface area (Å²) in [4.78, 5) is 29.0. The quantitative estimate of drug-likeness (QED) is 0.318. The van der Waals surface area contributed by atoms with Crippen molar-refractivity contribution in [2.75, 3.05) is 17.4 Å². The molecule has 0 aliphatic rings. The fourth-order valence-electron chi connectivity index (χ4n) is 4.44. The molecule has 3 rings (SSSR count). The fraction of sp³-hybridized carbons (Fsp3) is 0.355. The van der Waals surface area contributed by atoms with E-state index in [1.807, 2.05) is 64.1 Å². The standard InChI is InChI=1S/C31H38ClN3O4S/c1-6-27(30(37)33-31(3,4)5)34(21-20-24-13-8-7-9-14-24)29(36)22-35(28-15-11-10-12-23(28)2)40(38,39)26-18-16-25(32)17-19-26/h7-19,27H,6,20-22H2,1-5H3,(H,33,37)/t27-/m1/s1. The lowest BCUT2D eigenvalue weighted by atomic mass is 10.1. The van der Waals surface area contributed by atoms with Crippen LogP contribution in [-0.4, -0.2) is 49.8 Å². The van der Waals surface area contributed by atoms with Crippen molar-refractivity contribution in [3.8, 4) is 0 Å². The zero-order chi connectivity index (χ0) is 29.5. The summed E-state index contributed by atoms with van der Waals surface area (Å²) in [7, 11) is -4.14. The topological polar surface area (TPSA) is 86.8 Å². The lowest BCUT2D eigenvalue weighted by Crippen LogP contribution is -2.56. The second kappa shape index (κ2) is 13.3. The van der Waals surface area contributed by atoms with Gasteiger partial charge in [-0.2, -0.15) is 0 Å². The summed E-state index contributed by atoms with van der Waals surface area (Å²) in [5.74, 6) is -0.743. The highest BCUT2D eigenvalue weighted by atomic mass is 35.5. The van der Waals surface area contributed by atoms with Gasteiger partial charge in [-0.05, 0) is 82.0 Å². The van der Waals surface area contributed by atoms with Crippen LogP contribution in [0.1, 0.15) is 45.2 Å². The maximum atomic E-state index is 14.1. The molecule has 3 aromatic rings. The first kappa shape index (κ1) is 31.2. The predicted octanol–water partition coefficient (Wildman–Crippen LogP) is 5.61. The molecular formula is C31H38ClN3O4S. The van der Waals surface area contributed by atoms with Crippen LogP contribution in [0.4, 0.5) is 5.69 Å². The van der Waals surface area contributed by atoms with Gasteiger partial charge < -0.3 is 10.2 Å². The normalized spacial score (nSPS) is 12.4. The average Bonchev–Trinajstić information content (AvgIpc) is 2.89. The van der Waals surface area contributed by atoms with Crippen LogP contribution in [0.25, 0.3) is 0 Å². The highest BCUT2D eigenvalue weighted by molar-refractivity contribution is 7.92. The minimum absolute atomic E-state index is 0.0151. The molecule has 0 fully saturated rings. The molecule has 0 unspecified atom stereocenters. The molecule has 1 N–H and O–H groups in total. The minimum Gasteiger partial charge on any atom is -0.350 e. The second-order valence-corrected chi connectivity index (χ2v) is 13.0. The average molecular weight is 584 g/mol. The number of hydrogen-bond acceptors (Lipinski definition) is 4. The number of nitrogens with zero attached hydrogens (tertiary/aromatic N) is 2. The second-order valence-electron chi connectivity index (χ2n) is 10.7. The third-order valence-electron chi connectivity index (χ3n) is 6.43. The van der Waals surface area contributed by atoms with E-state index < -0.39 is 34.1 Å². The predicted molar refractivity (Wildman–Crippen MR) is 161 cm³/mol. The van der Waals surface area contributed by atoms with Crippen molar-refractivity contribution in [2.45, 2.75) is 63.9 Å². The number of aryl methyl sites for hydroxylation is 1. The minimum atomic E-state index is -4.14. The van der Waals surface area contributed by atoms with Crippen LogP contribution in [0.5, 0.6) is 0 Å². The van der Waals surface area contributed by atoms with E-state index in [0.717, 1.165) is 9.87 Å². The summed E-state index contributed by atoms with van der Waals surface area (Å²) in [5.41, 5.74) is 1.60. The van der Waals surface area contributed by atoms with E-state index in [2.05, 4.69) is 5.32 Å². The van der Waals surface area contributed by atoms with Gasteiger partial charge in [-0.1, -0.05) is 67.1 Å². The number of rotatable bonds is 11. The highest BCUT2D eigenvalue weighted by Crippen LogP contribution is 2.28. The van der Waals surface area contributed by atoms with E-state index in [1.165, 1.54) is 29.2 Å². The first-order chi connectivity index (χ1) is 18.8. The summed E-state index contributed by atoms with van der Waals surface area (Å²) < 4.78 is 29.0. The zero-order valence-corrected chi connectivity index (χ0v) is 25.3. The lowest BCUT2D eigenvalue weighted by Gasteiger charge is -2.35. The molecule has 40 heavy (non-hydrogen) atoms. The number of amides is 2. The molecule has 0 spiro atoms. The number of carbonyl (C=O) groups excluding carboxylic acids is 2. The van der Waals surface area contributed by atoms with E-state index in [-0.39, 0.29) is 17.3 Å². The molecule has 214 valence electrons. The Morgan fingerprint density at radius 3 is 2.10 bits per heavy atom. The maximum Gasteiger partial charge on any atom is 0.264 e. The number of para-hydroxylation sites is 1. The van der Waals surface area contributed by atoms with E-state index in [4.69, 9.17) is 11.6 Å². The van der Waals surface area contributed by atoms with Crippen LogP contribution in [0.2, 0.25) is 5.02 Å². The Kier molecular flexibility index (Phi) is 10.4. The Morgan fingerprint density at radius 2 is 1.52 bits per heavy atom. The third-order valence-corrected chi connectivity index (χ3v) is 8.46. The van der Waals surface area contributed by atoms with Gasteiger partial charge in [0.25, 0.3) is 10.0 Å². The first-order valence-corrected chi connectivity index (χ1v) is 15.1. The molecule has 0 heterocycles. The smallest absolute Gasteiger partial charge is 0.264 e. The Labute approximate surface area is 243 Å². The van der Waals surface area contributed by atoms with Crippen LogP contribution < -0.4 is 9.62 Å². The van der Waals surface area contributed by atoms with Gasteiger partial charge in [0.05, 0.1) is 10.6 Å². The number of halogens is 1. The summed E-state index contributed by atoms with van der Waals surface area (Å²) in [6, 6.07) is 21.8. The molecule has 0 radical (unpaired) electrons. The Bertz CT molecular complexity index is 1400. The van der Waals surface area contributed by atoms with Crippen molar-refractivity contribution in [3.63, 3.8) is 0 Å². The molecule has 0 saturated carbocycles. The molecule has 9 heteroatoms. The van der Waals surface area contributed by atoms with E-state index in [1.54, 1.807) is 25.1 Å². The number of sulfonamides is 1. The van der Waals surface area contributed by atoms with Gasteiger partial charge in [0, 0.05) is 17.1 Å². The van der Waals surface area contributed by atoms with Crippen molar-refractivity contribution >= 4 is 39.1 Å². The van der Waals surface area contributed by atoms with Crippen LogP contribution in [-0.2, 0) is 26.0 Å². The van der Waals surface area contributed by atoms with Gasteiger partial charge in [-0.15, -0.1) is 0 Å². The largest absolute Gasteiger partial charge is 0.350 e. The number of nitrogens with one attached hydrogen (secondary N) is 1. The molecule has 0 saturated heterocycles. The first-order valence-electron chi connectivity index (χ1n) is 13.3. The van der Waals surface area contributed by atoms with Gasteiger partial charge in [0.2, 0.25) is 11.8 Å². The number of benzene rings is 3. The Morgan fingerprint density at radius 1 is 0.925 bits per heavy atom. The molecule has 3 aromatic carbocycles. The van der Waals surface area contributed by atoms with Crippen molar-refractivity contribution in [2.24, 2.45) is 0 Å². The van der Waals surface area contributed by atoms with Crippen LogP contribution in [0.3, 0.4) is 0 Å². The number of hydrogen-bond donors (Lipinski definition) is 1. The van der Waals surface area contributed by atoms with E-state index in [0.29, 0.717) is 29.1 Å². The lowest BCUT2D eigenvalue weighted by molar-refractivity contribution is -0.140. The van der Waals surface area contributed by atoms with Gasteiger partial charge >= 0.3 is 0 Å². The zero-order valence-electron chi connectivity index (χ0n) is 23.7. The van der Waals surface area contributed by atoms with Crippen LogP contribution in [0.15, 0.2) is 83.8 Å². The molecule has 0 aromatic heterocycles. The Hall–Kier alpha value is -3.36. The molecule has 1 atom stereocenters. The molecule has 7 nitrogen and oxygen atoms in total. The molecule has 0 aliphatic heterocycles. The summed E-state index contributed by atoms with van der Waals surface area (Å²) in [6.07, 6.45) is 0.886. The molecule has 0 bridgehead atoms. The SMILES string of the molecule is CC[C@H](C(=O)NC(C)(C)C)N(CCc1ccccc1)C(=O)CN(c1ccccc1C)S(=O)(=O)c1ccc(Cl)cc1. The van der Waals surface area contributed by atoms with Gasteiger partial charge in [-0.3, -0.25) is 13.9 Å². The summed E-state index contributed by atoms with van der Waals surface area (Å²) in [6.45, 7) is 9.07. The summed E-state index contributed by atoms with van der Waals surface area (Å²) >= 11 is 6.01. The highest BCUT2D eigenvalue weighted by Gasteiger charge is 2.34. The van der Waals surface area contributed by atoms with Gasteiger partial charge in [-0.25, -0.2) is 8.42 Å². The Balaban J connectivity index is 2.03. The monoisotopic (exact) mass is 583 g/mol. The third kappa shape index (κ3) is 8.08. The number of carbonyl (C=O) groups is 2. The van der Waals surface area contributed by atoms with E-state index >= 15 is 0 Å². The molecule has 2 amide bonds. The van der Waals surface area contributed by atoms with Crippen LogP contribution >= 0.6 is 11.6 Å². The molecular weight excluding hydrogens is 546 g/mol.